The Labute approximate surface area is 206 Å². The number of benzene rings is 1. The van der Waals surface area contributed by atoms with Gasteiger partial charge in [-0.2, -0.15) is 0 Å². The van der Waals surface area contributed by atoms with Crippen LogP contribution in [0, 0.1) is 0 Å². The molecule has 0 bridgehead atoms. The van der Waals surface area contributed by atoms with Gasteiger partial charge < -0.3 is 19.7 Å². The quantitative estimate of drug-likeness (QED) is 0.559. The van der Waals surface area contributed by atoms with Gasteiger partial charge in [0.2, 0.25) is 11.8 Å². The lowest BCUT2D eigenvalue weighted by Crippen LogP contribution is -2.50. The smallest absolute Gasteiger partial charge is 0.246 e. The van der Waals surface area contributed by atoms with Crippen molar-refractivity contribution in [2.45, 2.75) is 57.7 Å². The topological polar surface area (TPSA) is 92.8 Å². The normalized spacial score (nSPS) is 16.6. The van der Waals surface area contributed by atoms with Gasteiger partial charge in [-0.15, -0.1) is 0 Å². The zero-order valence-corrected chi connectivity index (χ0v) is 20.7. The van der Waals surface area contributed by atoms with Gasteiger partial charge in [-0.1, -0.05) is 31.9 Å². The van der Waals surface area contributed by atoms with Crippen LogP contribution in [-0.2, 0) is 22.7 Å². The van der Waals surface area contributed by atoms with E-state index in [4.69, 9.17) is 9.47 Å². The fourth-order valence-corrected chi connectivity index (χ4v) is 4.66. The Balaban J connectivity index is 1.43. The lowest BCUT2D eigenvalue weighted by Gasteiger charge is -2.26. The zero-order valence-electron chi connectivity index (χ0n) is 20.7. The van der Waals surface area contributed by atoms with Crippen LogP contribution in [0.3, 0.4) is 0 Å². The number of rotatable bonds is 8. The molecular weight excluding hydrogens is 444 g/mol. The fraction of sp³-hybridized carbons (Fsp3) is 0.444. The van der Waals surface area contributed by atoms with Crippen LogP contribution in [0.25, 0.3) is 6.08 Å². The molecule has 8 nitrogen and oxygen atoms in total. The summed E-state index contributed by atoms with van der Waals surface area (Å²) in [6.07, 6.45) is 9.64. The number of aromatic nitrogens is 1. The molecule has 1 saturated carbocycles. The lowest BCUT2D eigenvalue weighted by molar-refractivity contribution is -0.125. The number of pyridine rings is 1. The SMILES string of the molecule is CCCOc1c(CN(C)C(=O)C=Cc2cnc3c(c2)CNC2(CCCC2)C(=O)N3)cccc1OC. The number of nitrogens with zero attached hydrogens (tertiary/aromatic N) is 2. The predicted molar refractivity (Wildman–Crippen MR) is 135 cm³/mol. The van der Waals surface area contributed by atoms with Crippen LogP contribution in [0.1, 0.15) is 55.7 Å². The van der Waals surface area contributed by atoms with E-state index >= 15 is 0 Å². The number of para-hydroxylation sites is 1. The van der Waals surface area contributed by atoms with Gasteiger partial charge in [0.05, 0.1) is 19.3 Å². The maximum Gasteiger partial charge on any atom is 0.246 e. The number of likely N-dealkylation sites (N-methyl/N-ethyl adjacent to an activating group) is 1. The largest absolute Gasteiger partial charge is 0.493 e. The Morgan fingerprint density at radius 2 is 2.09 bits per heavy atom. The standard InChI is InChI=1S/C27H34N4O4/c1-4-14-35-24-20(8-7-9-22(24)34-3)18-31(2)23(32)11-10-19-15-21-17-29-27(12-5-6-13-27)26(33)30-25(21)28-16-19/h7-11,15-16,29H,4-6,12-14,17-18H2,1-3H3,(H,28,30,33). The number of ether oxygens (including phenoxy) is 2. The summed E-state index contributed by atoms with van der Waals surface area (Å²) in [5.74, 6) is 1.78. The molecule has 1 aliphatic carbocycles. The molecule has 8 heteroatoms. The van der Waals surface area contributed by atoms with E-state index < -0.39 is 5.54 Å². The third kappa shape index (κ3) is 5.48. The highest BCUT2D eigenvalue weighted by Gasteiger charge is 2.42. The zero-order chi connectivity index (χ0) is 24.8. The maximum absolute atomic E-state index is 12.8. The summed E-state index contributed by atoms with van der Waals surface area (Å²) in [5, 5.41) is 6.44. The van der Waals surface area contributed by atoms with Gasteiger partial charge in [0, 0.05) is 43.5 Å². The van der Waals surface area contributed by atoms with Crippen LogP contribution in [0.2, 0.25) is 0 Å². The monoisotopic (exact) mass is 478 g/mol. The first kappa shape index (κ1) is 24.7. The van der Waals surface area contributed by atoms with E-state index in [9.17, 15) is 9.59 Å². The van der Waals surface area contributed by atoms with Crippen LogP contribution in [-0.4, -0.2) is 48.0 Å². The number of fused-ring (bicyclic) bond motifs is 1. The second-order valence-corrected chi connectivity index (χ2v) is 9.20. The number of amides is 2. The molecule has 0 atom stereocenters. The first-order chi connectivity index (χ1) is 17.0. The van der Waals surface area contributed by atoms with Crippen molar-refractivity contribution in [2.75, 3.05) is 26.1 Å². The van der Waals surface area contributed by atoms with E-state index in [2.05, 4.69) is 15.6 Å². The van der Waals surface area contributed by atoms with Gasteiger partial charge in [0.25, 0.3) is 0 Å². The highest BCUT2D eigenvalue weighted by atomic mass is 16.5. The van der Waals surface area contributed by atoms with E-state index in [-0.39, 0.29) is 11.8 Å². The number of carbonyl (C=O) groups excluding carboxylic acids is 2. The third-order valence-corrected chi connectivity index (χ3v) is 6.66. The van der Waals surface area contributed by atoms with Gasteiger partial charge in [0.1, 0.15) is 5.82 Å². The Kier molecular flexibility index (Phi) is 7.70. The summed E-state index contributed by atoms with van der Waals surface area (Å²) in [6.45, 7) is 3.57. The molecule has 2 heterocycles. The average Bonchev–Trinajstić information content (AvgIpc) is 3.31. The minimum Gasteiger partial charge on any atom is -0.493 e. The van der Waals surface area contributed by atoms with Crippen molar-refractivity contribution in [2.24, 2.45) is 0 Å². The summed E-state index contributed by atoms with van der Waals surface area (Å²) in [4.78, 5) is 31.7. The average molecular weight is 479 g/mol. The van der Waals surface area contributed by atoms with Gasteiger partial charge >= 0.3 is 0 Å². The maximum atomic E-state index is 12.8. The summed E-state index contributed by atoms with van der Waals surface area (Å²) < 4.78 is 11.3. The first-order valence-electron chi connectivity index (χ1n) is 12.2. The van der Waals surface area contributed by atoms with Crippen molar-refractivity contribution in [1.82, 2.24) is 15.2 Å². The number of methoxy groups -OCH3 is 1. The molecule has 2 aromatic rings. The molecule has 0 radical (unpaired) electrons. The molecule has 35 heavy (non-hydrogen) atoms. The highest BCUT2D eigenvalue weighted by Crippen LogP contribution is 2.34. The van der Waals surface area contributed by atoms with Crippen molar-refractivity contribution in [3.05, 3.63) is 53.2 Å². The van der Waals surface area contributed by atoms with Crippen LogP contribution in [0.4, 0.5) is 5.82 Å². The van der Waals surface area contributed by atoms with Crippen LogP contribution >= 0.6 is 0 Å². The summed E-state index contributed by atoms with van der Waals surface area (Å²) in [7, 11) is 3.37. The third-order valence-electron chi connectivity index (χ3n) is 6.66. The molecule has 2 amide bonds. The molecule has 2 N–H and O–H groups in total. The minimum atomic E-state index is -0.491. The van der Waals surface area contributed by atoms with Crippen molar-refractivity contribution in [3.63, 3.8) is 0 Å². The molecule has 4 rings (SSSR count). The van der Waals surface area contributed by atoms with Gasteiger partial charge in [-0.25, -0.2) is 4.98 Å². The molecule has 0 saturated heterocycles. The Bertz CT molecular complexity index is 1110. The number of nitrogens with one attached hydrogen (secondary N) is 2. The van der Waals surface area contributed by atoms with E-state index in [0.717, 1.165) is 48.8 Å². The van der Waals surface area contributed by atoms with E-state index in [1.165, 1.54) is 6.08 Å². The van der Waals surface area contributed by atoms with Crippen LogP contribution in [0.15, 0.2) is 36.5 Å². The molecule has 0 unspecified atom stereocenters. The van der Waals surface area contributed by atoms with Crippen molar-refractivity contribution in [3.8, 4) is 11.5 Å². The number of anilines is 1. The van der Waals surface area contributed by atoms with E-state index in [0.29, 0.717) is 37.0 Å². The Morgan fingerprint density at radius 3 is 2.83 bits per heavy atom. The van der Waals surface area contributed by atoms with Gasteiger partial charge in [0.15, 0.2) is 11.5 Å². The molecule has 1 fully saturated rings. The molecular formula is C27H34N4O4. The van der Waals surface area contributed by atoms with E-state index in [1.54, 1.807) is 31.3 Å². The number of hydrogen-bond acceptors (Lipinski definition) is 6. The minimum absolute atomic E-state index is 0.00109. The molecule has 1 aliphatic heterocycles. The van der Waals surface area contributed by atoms with Crippen molar-refractivity contribution >= 4 is 23.7 Å². The second-order valence-electron chi connectivity index (χ2n) is 9.20. The fourth-order valence-electron chi connectivity index (χ4n) is 4.66. The Morgan fingerprint density at radius 1 is 1.29 bits per heavy atom. The second kappa shape index (κ2) is 10.9. The van der Waals surface area contributed by atoms with Gasteiger partial charge in [-0.05, 0) is 43.0 Å². The molecule has 1 aromatic heterocycles. The number of carbonyl (C=O) groups is 2. The molecule has 2 aliphatic rings. The van der Waals surface area contributed by atoms with Gasteiger partial charge in [-0.3, -0.25) is 14.9 Å². The van der Waals surface area contributed by atoms with Crippen molar-refractivity contribution in [1.29, 1.82) is 0 Å². The summed E-state index contributed by atoms with van der Waals surface area (Å²) in [6, 6.07) is 7.65. The predicted octanol–water partition coefficient (Wildman–Crippen LogP) is 3.91. The highest BCUT2D eigenvalue weighted by molar-refractivity contribution is 5.99. The number of hydrogen-bond donors (Lipinski definition) is 2. The Hall–Kier alpha value is -3.39. The molecule has 1 spiro atoms. The van der Waals surface area contributed by atoms with Crippen LogP contribution < -0.4 is 20.1 Å². The first-order valence-corrected chi connectivity index (χ1v) is 12.2. The molecule has 186 valence electrons. The summed E-state index contributed by atoms with van der Waals surface area (Å²) in [5.41, 5.74) is 2.11. The molecule has 1 aromatic carbocycles. The lowest BCUT2D eigenvalue weighted by atomic mass is 9.97. The summed E-state index contributed by atoms with van der Waals surface area (Å²) >= 11 is 0. The van der Waals surface area contributed by atoms with E-state index in [1.807, 2.05) is 31.2 Å². The van der Waals surface area contributed by atoms with Crippen LogP contribution in [0.5, 0.6) is 11.5 Å². The van der Waals surface area contributed by atoms with Crippen molar-refractivity contribution < 1.29 is 19.1 Å².